The number of thioether (sulfide) groups is 1. The maximum atomic E-state index is 5.83. The van der Waals surface area contributed by atoms with E-state index >= 15 is 0 Å². The first kappa shape index (κ1) is 14.1. The average molecular weight is 291 g/mol. The lowest BCUT2D eigenvalue weighted by molar-refractivity contribution is 0.980. The summed E-state index contributed by atoms with van der Waals surface area (Å²) < 4.78 is 0. The number of hydrogen-bond donors (Lipinski definition) is 1. The maximum absolute atomic E-state index is 5.83. The molecule has 1 aromatic carbocycles. The summed E-state index contributed by atoms with van der Waals surface area (Å²) in [6.45, 7) is 0.949. The minimum absolute atomic E-state index is 0.393. The van der Waals surface area contributed by atoms with Crippen molar-refractivity contribution in [2.45, 2.75) is 0 Å². The molecular weight excluding hydrogens is 274 g/mol. The van der Waals surface area contributed by atoms with Crippen LogP contribution in [0.5, 0.6) is 0 Å². The Kier molecular flexibility index (Phi) is 4.61. The van der Waals surface area contributed by atoms with E-state index in [1.807, 2.05) is 30.0 Å². The van der Waals surface area contributed by atoms with Gasteiger partial charge in [0.05, 0.1) is 16.8 Å². The van der Waals surface area contributed by atoms with Crippen LogP contribution in [-0.4, -0.2) is 35.6 Å². The van der Waals surface area contributed by atoms with Gasteiger partial charge in [-0.15, -0.1) is 0 Å². The quantitative estimate of drug-likeness (QED) is 0.858. The Hall–Kier alpha value is -1.33. The highest BCUT2D eigenvalue weighted by Crippen LogP contribution is 2.28. The van der Waals surface area contributed by atoms with Crippen molar-refractivity contribution in [2.75, 3.05) is 30.5 Å². The van der Waals surface area contributed by atoms with Gasteiger partial charge in [-0.05, 0) is 12.3 Å². The molecule has 0 fully saturated rings. The predicted molar refractivity (Wildman–Crippen MR) is 89.3 cm³/mol. The SMILES string of the molecule is CSCCN(C)c1c(C(N)=S)cnc2ccccc12. The Balaban J connectivity index is 2.58. The molecule has 0 amide bonds. The van der Waals surface area contributed by atoms with Gasteiger partial charge in [0.15, 0.2) is 0 Å². The summed E-state index contributed by atoms with van der Waals surface area (Å²) in [6.07, 6.45) is 3.88. The van der Waals surface area contributed by atoms with Gasteiger partial charge in [-0.25, -0.2) is 0 Å². The average Bonchev–Trinajstić information content (AvgIpc) is 2.43. The molecule has 1 aromatic heterocycles. The number of hydrogen-bond acceptors (Lipinski definition) is 4. The van der Waals surface area contributed by atoms with Gasteiger partial charge in [0.2, 0.25) is 0 Å². The second-order valence-electron chi connectivity index (χ2n) is 4.32. The van der Waals surface area contributed by atoms with E-state index in [1.165, 1.54) is 0 Å². The standard InChI is InChI=1S/C14H17N3S2/c1-17(7-8-19-2)13-10-5-3-4-6-12(10)16-9-11(13)14(15)18/h3-6,9H,7-8H2,1-2H3,(H2,15,18). The highest BCUT2D eigenvalue weighted by molar-refractivity contribution is 7.98. The van der Waals surface area contributed by atoms with Crippen molar-refractivity contribution in [3.8, 4) is 0 Å². The molecule has 0 radical (unpaired) electrons. The first-order valence-corrected chi connectivity index (χ1v) is 7.83. The van der Waals surface area contributed by atoms with E-state index in [2.05, 4.69) is 29.3 Å². The number of para-hydroxylation sites is 1. The van der Waals surface area contributed by atoms with Crippen LogP contribution in [0, 0.1) is 0 Å². The highest BCUT2D eigenvalue weighted by atomic mass is 32.2. The number of anilines is 1. The monoisotopic (exact) mass is 291 g/mol. The Morgan fingerprint density at radius 3 is 2.84 bits per heavy atom. The molecule has 1 heterocycles. The van der Waals surface area contributed by atoms with E-state index in [0.29, 0.717) is 4.99 Å². The van der Waals surface area contributed by atoms with Gasteiger partial charge in [-0.2, -0.15) is 11.8 Å². The molecule has 0 aliphatic carbocycles. The van der Waals surface area contributed by atoms with Crippen LogP contribution in [0.1, 0.15) is 5.56 Å². The summed E-state index contributed by atoms with van der Waals surface area (Å²) in [4.78, 5) is 7.02. The van der Waals surface area contributed by atoms with E-state index in [-0.39, 0.29) is 0 Å². The van der Waals surface area contributed by atoms with Crippen molar-refractivity contribution in [3.63, 3.8) is 0 Å². The molecule has 5 heteroatoms. The van der Waals surface area contributed by atoms with Crippen LogP contribution >= 0.6 is 24.0 Å². The van der Waals surface area contributed by atoms with E-state index in [4.69, 9.17) is 18.0 Å². The summed E-state index contributed by atoms with van der Waals surface area (Å²) in [5, 5.41) is 1.09. The number of fused-ring (bicyclic) bond motifs is 1. The fourth-order valence-corrected chi connectivity index (χ4v) is 2.66. The van der Waals surface area contributed by atoms with Crippen LogP contribution in [0.25, 0.3) is 10.9 Å². The highest BCUT2D eigenvalue weighted by Gasteiger charge is 2.14. The molecule has 100 valence electrons. The zero-order valence-electron chi connectivity index (χ0n) is 11.1. The predicted octanol–water partition coefficient (Wildman–Crippen LogP) is 2.67. The van der Waals surface area contributed by atoms with Crippen LogP contribution in [0.3, 0.4) is 0 Å². The van der Waals surface area contributed by atoms with Gasteiger partial charge in [0, 0.05) is 30.9 Å². The minimum Gasteiger partial charge on any atom is -0.389 e. The minimum atomic E-state index is 0.393. The number of nitrogens with zero attached hydrogens (tertiary/aromatic N) is 2. The van der Waals surface area contributed by atoms with Gasteiger partial charge in [-0.3, -0.25) is 4.98 Å². The van der Waals surface area contributed by atoms with Gasteiger partial charge in [-0.1, -0.05) is 30.4 Å². The molecular formula is C14H17N3S2. The van der Waals surface area contributed by atoms with Crippen molar-refractivity contribution in [2.24, 2.45) is 5.73 Å². The second-order valence-corrected chi connectivity index (χ2v) is 5.74. The van der Waals surface area contributed by atoms with Gasteiger partial charge < -0.3 is 10.6 Å². The van der Waals surface area contributed by atoms with Gasteiger partial charge >= 0.3 is 0 Å². The van der Waals surface area contributed by atoms with Crippen LogP contribution in [0.2, 0.25) is 0 Å². The Labute approximate surface area is 123 Å². The first-order valence-electron chi connectivity index (χ1n) is 6.02. The van der Waals surface area contributed by atoms with Crippen LogP contribution in [-0.2, 0) is 0 Å². The number of pyridine rings is 1. The van der Waals surface area contributed by atoms with E-state index in [9.17, 15) is 0 Å². The molecule has 0 atom stereocenters. The third kappa shape index (κ3) is 2.98. The van der Waals surface area contributed by atoms with Crippen LogP contribution < -0.4 is 10.6 Å². The maximum Gasteiger partial charge on any atom is 0.107 e. The lowest BCUT2D eigenvalue weighted by Crippen LogP contribution is -2.24. The fourth-order valence-electron chi connectivity index (χ4n) is 2.06. The number of thiocarbonyl (C=S) groups is 1. The molecule has 2 aromatic rings. The van der Waals surface area contributed by atoms with E-state index in [0.717, 1.165) is 34.5 Å². The molecule has 19 heavy (non-hydrogen) atoms. The summed E-state index contributed by atoms with van der Waals surface area (Å²) in [5.74, 6) is 1.06. The van der Waals surface area contributed by atoms with Crippen molar-refractivity contribution in [3.05, 3.63) is 36.0 Å². The molecule has 0 aliphatic rings. The molecule has 0 aliphatic heterocycles. The summed E-state index contributed by atoms with van der Waals surface area (Å²) in [6, 6.07) is 8.07. The molecule has 0 saturated carbocycles. The smallest absolute Gasteiger partial charge is 0.107 e. The second kappa shape index (κ2) is 6.21. The van der Waals surface area contributed by atoms with Gasteiger partial charge in [0.25, 0.3) is 0 Å². The van der Waals surface area contributed by atoms with Crippen molar-refractivity contribution in [1.29, 1.82) is 0 Å². The Morgan fingerprint density at radius 1 is 1.42 bits per heavy atom. The summed E-state index contributed by atoms with van der Waals surface area (Å²) in [5.41, 5.74) is 8.72. The number of aromatic nitrogens is 1. The number of nitrogens with two attached hydrogens (primary N) is 1. The van der Waals surface area contributed by atoms with Crippen molar-refractivity contribution < 1.29 is 0 Å². The van der Waals surface area contributed by atoms with Crippen molar-refractivity contribution >= 4 is 45.6 Å². The number of benzene rings is 1. The molecule has 0 spiro atoms. The Bertz CT molecular complexity index is 598. The Morgan fingerprint density at radius 2 is 2.16 bits per heavy atom. The fraction of sp³-hybridized carbons (Fsp3) is 0.286. The lowest BCUT2D eigenvalue weighted by atomic mass is 10.1. The normalized spacial score (nSPS) is 10.6. The van der Waals surface area contributed by atoms with Gasteiger partial charge in [0.1, 0.15) is 4.99 Å². The van der Waals surface area contributed by atoms with Crippen LogP contribution in [0.4, 0.5) is 5.69 Å². The summed E-state index contributed by atoms with van der Waals surface area (Å²) >= 11 is 6.97. The lowest BCUT2D eigenvalue weighted by Gasteiger charge is -2.23. The zero-order chi connectivity index (χ0) is 13.8. The van der Waals surface area contributed by atoms with Crippen molar-refractivity contribution in [1.82, 2.24) is 4.98 Å². The first-order chi connectivity index (χ1) is 9.15. The molecule has 2 N–H and O–H groups in total. The zero-order valence-corrected chi connectivity index (χ0v) is 12.7. The third-order valence-electron chi connectivity index (χ3n) is 3.03. The summed E-state index contributed by atoms with van der Waals surface area (Å²) in [7, 11) is 2.07. The molecule has 0 unspecified atom stereocenters. The largest absolute Gasteiger partial charge is 0.389 e. The van der Waals surface area contributed by atoms with Crippen LogP contribution in [0.15, 0.2) is 30.5 Å². The molecule has 2 rings (SSSR count). The molecule has 0 bridgehead atoms. The number of rotatable bonds is 5. The van der Waals surface area contributed by atoms with E-state index < -0.39 is 0 Å². The molecule has 3 nitrogen and oxygen atoms in total. The molecule has 0 saturated heterocycles. The third-order valence-corrected chi connectivity index (χ3v) is 3.84. The van der Waals surface area contributed by atoms with E-state index in [1.54, 1.807) is 6.20 Å². The topological polar surface area (TPSA) is 42.1 Å².